The minimum absolute atomic E-state index is 0.182. The highest BCUT2D eigenvalue weighted by atomic mass is 35.5. The maximum Gasteiger partial charge on any atom is 0.329 e. The Morgan fingerprint density at radius 2 is 2.17 bits per heavy atom. The number of fused-ring (bicyclic) bond motifs is 1. The minimum Gasteiger partial charge on any atom is -0.312 e. The predicted molar refractivity (Wildman–Crippen MR) is 117 cm³/mol. The van der Waals surface area contributed by atoms with Crippen LogP contribution in [0.3, 0.4) is 0 Å². The van der Waals surface area contributed by atoms with Crippen LogP contribution in [0.2, 0.25) is 5.02 Å². The van der Waals surface area contributed by atoms with Crippen LogP contribution in [0, 0.1) is 0 Å². The third-order valence-electron chi connectivity index (χ3n) is 4.50. The maximum absolute atomic E-state index is 13.4. The molecule has 1 aliphatic heterocycles. The molecule has 10 heteroatoms. The van der Waals surface area contributed by atoms with E-state index in [1.165, 1.54) is 11.3 Å². The molecule has 8 nitrogen and oxygen atoms in total. The number of nitrogens with one attached hydrogen (secondary N) is 2. The summed E-state index contributed by atoms with van der Waals surface area (Å²) in [6, 6.07) is 10.4. The lowest BCUT2D eigenvalue weighted by molar-refractivity contribution is -0.115. The number of carbonyl (C=O) groups excluding carboxylic acids is 2. The third kappa shape index (κ3) is 4.28. The van der Waals surface area contributed by atoms with Gasteiger partial charge in [0.25, 0.3) is 0 Å². The second kappa shape index (κ2) is 8.78. The molecule has 0 saturated carbocycles. The van der Waals surface area contributed by atoms with Gasteiger partial charge in [-0.1, -0.05) is 17.7 Å². The first kappa shape index (κ1) is 20.3. The van der Waals surface area contributed by atoms with Crippen LogP contribution < -0.4 is 15.5 Å². The van der Waals surface area contributed by atoms with Gasteiger partial charge in [0.15, 0.2) is 0 Å². The number of pyridine rings is 1. The molecule has 0 saturated heterocycles. The number of hydrogen-bond acceptors (Lipinski definition) is 6. The van der Waals surface area contributed by atoms with Crippen molar-refractivity contribution in [2.45, 2.75) is 13.1 Å². The van der Waals surface area contributed by atoms with Gasteiger partial charge in [0.05, 0.1) is 47.9 Å². The van der Waals surface area contributed by atoms with E-state index < -0.39 is 0 Å². The molecule has 1 aromatic carbocycles. The Kier molecular flexibility index (Phi) is 5.93. The Bertz CT molecular complexity index is 1070. The van der Waals surface area contributed by atoms with Gasteiger partial charge >= 0.3 is 6.03 Å². The molecule has 0 bridgehead atoms. The molecule has 4 rings (SSSR count). The SMILES string of the molecule is CNCC(=O)Nc1ccc2c(n1)CN(Cc1cscn1)C(=O)N2c1cccc(Cl)c1. The van der Waals surface area contributed by atoms with Crippen molar-refractivity contribution in [2.75, 3.05) is 23.8 Å². The predicted octanol–water partition coefficient (Wildman–Crippen LogP) is 3.62. The number of rotatable bonds is 6. The Labute approximate surface area is 182 Å². The van der Waals surface area contributed by atoms with E-state index in [0.717, 1.165) is 5.69 Å². The van der Waals surface area contributed by atoms with Gasteiger partial charge in [-0.2, -0.15) is 0 Å². The number of aromatic nitrogens is 2. The molecule has 0 fully saturated rings. The van der Waals surface area contributed by atoms with Crippen LogP contribution >= 0.6 is 22.9 Å². The van der Waals surface area contributed by atoms with E-state index in [1.807, 2.05) is 11.4 Å². The van der Waals surface area contributed by atoms with Crippen molar-refractivity contribution in [3.8, 4) is 0 Å². The molecule has 0 aliphatic carbocycles. The molecule has 0 atom stereocenters. The van der Waals surface area contributed by atoms with Crippen LogP contribution in [0.5, 0.6) is 0 Å². The van der Waals surface area contributed by atoms with E-state index in [1.54, 1.807) is 52.7 Å². The lowest BCUT2D eigenvalue weighted by Crippen LogP contribution is -2.44. The highest BCUT2D eigenvalue weighted by molar-refractivity contribution is 7.07. The summed E-state index contributed by atoms with van der Waals surface area (Å²) in [5, 5.41) is 8.01. The molecule has 154 valence electrons. The summed E-state index contributed by atoms with van der Waals surface area (Å²) in [5.74, 6) is 0.242. The summed E-state index contributed by atoms with van der Waals surface area (Å²) in [6.45, 7) is 0.844. The summed E-state index contributed by atoms with van der Waals surface area (Å²) in [5.41, 5.74) is 4.52. The van der Waals surface area contributed by atoms with Crippen molar-refractivity contribution in [3.63, 3.8) is 0 Å². The highest BCUT2D eigenvalue weighted by Crippen LogP contribution is 2.36. The highest BCUT2D eigenvalue weighted by Gasteiger charge is 2.33. The topological polar surface area (TPSA) is 90.5 Å². The first-order valence-electron chi connectivity index (χ1n) is 9.21. The molecule has 0 radical (unpaired) electrons. The van der Waals surface area contributed by atoms with E-state index in [2.05, 4.69) is 20.6 Å². The maximum atomic E-state index is 13.4. The number of likely N-dealkylation sites (N-methyl/N-ethyl adjacent to an activating group) is 1. The quantitative estimate of drug-likeness (QED) is 0.608. The standard InChI is InChI=1S/C20H19ClN6O2S/c1-22-8-19(28)25-18-6-5-17-16(24-18)10-26(9-14-11-30-12-23-14)20(29)27(17)15-4-2-3-13(21)7-15/h2-7,11-12,22H,8-10H2,1H3,(H,24,25,28). The molecule has 1 aliphatic rings. The smallest absolute Gasteiger partial charge is 0.312 e. The largest absolute Gasteiger partial charge is 0.329 e. The lowest BCUT2D eigenvalue weighted by atomic mass is 10.1. The summed E-state index contributed by atoms with van der Waals surface area (Å²) in [4.78, 5) is 37.4. The number of benzene rings is 1. The van der Waals surface area contributed by atoms with Crippen LogP contribution in [0.4, 0.5) is 22.0 Å². The van der Waals surface area contributed by atoms with Crippen molar-refractivity contribution in [1.82, 2.24) is 20.2 Å². The molecular formula is C20H19ClN6O2S. The molecule has 3 aromatic rings. The number of thiazole rings is 1. The van der Waals surface area contributed by atoms with Crippen LogP contribution in [-0.2, 0) is 17.9 Å². The van der Waals surface area contributed by atoms with Gasteiger partial charge in [-0.25, -0.2) is 14.8 Å². The van der Waals surface area contributed by atoms with Gasteiger partial charge in [-0.05, 0) is 37.4 Å². The number of carbonyl (C=O) groups is 2. The average Bonchev–Trinajstić information content (AvgIpc) is 3.22. The number of hydrogen-bond donors (Lipinski definition) is 2. The zero-order chi connectivity index (χ0) is 21.1. The van der Waals surface area contributed by atoms with E-state index in [4.69, 9.17) is 11.6 Å². The number of nitrogens with zero attached hydrogens (tertiary/aromatic N) is 4. The normalized spacial score (nSPS) is 13.3. The Morgan fingerprint density at radius 3 is 2.90 bits per heavy atom. The second-order valence-electron chi connectivity index (χ2n) is 6.67. The van der Waals surface area contributed by atoms with Crippen molar-refractivity contribution < 1.29 is 9.59 Å². The fraction of sp³-hybridized carbons (Fsp3) is 0.200. The van der Waals surface area contributed by atoms with Gasteiger partial charge < -0.3 is 15.5 Å². The van der Waals surface area contributed by atoms with Gasteiger partial charge in [0.2, 0.25) is 5.91 Å². The average molecular weight is 443 g/mol. The number of urea groups is 1. The van der Waals surface area contributed by atoms with Gasteiger partial charge in [0, 0.05) is 10.4 Å². The first-order valence-corrected chi connectivity index (χ1v) is 10.5. The first-order chi connectivity index (χ1) is 14.5. The van der Waals surface area contributed by atoms with E-state index in [-0.39, 0.29) is 18.5 Å². The Morgan fingerprint density at radius 1 is 1.30 bits per heavy atom. The van der Waals surface area contributed by atoms with Crippen LogP contribution in [-0.4, -0.2) is 40.4 Å². The van der Waals surface area contributed by atoms with Crippen LogP contribution in [0.15, 0.2) is 47.3 Å². The third-order valence-corrected chi connectivity index (χ3v) is 5.37. The fourth-order valence-corrected chi connectivity index (χ4v) is 3.96. The zero-order valence-corrected chi connectivity index (χ0v) is 17.7. The van der Waals surface area contributed by atoms with Crippen molar-refractivity contribution in [3.05, 3.63) is 63.7 Å². The lowest BCUT2D eigenvalue weighted by Gasteiger charge is -2.36. The van der Waals surface area contributed by atoms with Gasteiger partial charge in [-0.3, -0.25) is 9.69 Å². The minimum atomic E-state index is -0.192. The summed E-state index contributed by atoms with van der Waals surface area (Å²) in [7, 11) is 1.70. The second-order valence-corrected chi connectivity index (χ2v) is 7.83. The number of anilines is 3. The van der Waals surface area contributed by atoms with Crippen LogP contribution in [0.25, 0.3) is 0 Å². The molecule has 0 spiro atoms. The molecule has 3 amide bonds. The van der Waals surface area contributed by atoms with Gasteiger partial charge in [0.1, 0.15) is 5.82 Å². The number of halogens is 1. The van der Waals surface area contributed by atoms with Crippen LogP contribution in [0.1, 0.15) is 11.4 Å². The Balaban J connectivity index is 1.72. The zero-order valence-electron chi connectivity index (χ0n) is 16.1. The van der Waals surface area contributed by atoms with E-state index >= 15 is 0 Å². The Hall–Kier alpha value is -3.01. The van der Waals surface area contributed by atoms with Crippen molar-refractivity contribution in [2.24, 2.45) is 0 Å². The monoisotopic (exact) mass is 442 g/mol. The molecule has 2 aromatic heterocycles. The molecule has 3 heterocycles. The van der Waals surface area contributed by atoms with Gasteiger partial charge in [-0.15, -0.1) is 11.3 Å². The van der Waals surface area contributed by atoms with Crippen molar-refractivity contribution in [1.29, 1.82) is 0 Å². The molecular weight excluding hydrogens is 424 g/mol. The fourth-order valence-electron chi connectivity index (χ4n) is 3.22. The molecule has 2 N–H and O–H groups in total. The summed E-state index contributed by atoms with van der Waals surface area (Å²) < 4.78 is 0. The molecule has 0 unspecified atom stereocenters. The van der Waals surface area contributed by atoms with E-state index in [0.29, 0.717) is 41.0 Å². The summed E-state index contributed by atoms with van der Waals surface area (Å²) in [6.07, 6.45) is 0. The summed E-state index contributed by atoms with van der Waals surface area (Å²) >= 11 is 7.65. The van der Waals surface area contributed by atoms with E-state index in [9.17, 15) is 9.59 Å². The van der Waals surface area contributed by atoms with Crippen molar-refractivity contribution >= 4 is 52.1 Å². The number of amides is 3. The molecule has 30 heavy (non-hydrogen) atoms.